The summed E-state index contributed by atoms with van der Waals surface area (Å²) in [5.74, 6) is 1.35. The lowest BCUT2D eigenvalue weighted by Crippen LogP contribution is -2.19. The van der Waals surface area contributed by atoms with Crippen LogP contribution in [-0.2, 0) is 19.3 Å². The zero-order valence-corrected chi connectivity index (χ0v) is 18.5. The van der Waals surface area contributed by atoms with Crippen molar-refractivity contribution in [3.63, 3.8) is 0 Å². The van der Waals surface area contributed by atoms with E-state index < -0.39 is 0 Å². The van der Waals surface area contributed by atoms with Crippen molar-refractivity contribution in [3.8, 4) is 11.1 Å². The first-order valence-electron chi connectivity index (χ1n) is 9.43. The summed E-state index contributed by atoms with van der Waals surface area (Å²) in [4.78, 5) is 18.7. The van der Waals surface area contributed by atoms with Crippen molar-refractivity contribution in [1.29, 1.82) is 0 Å². The molecular weight excluding hydrogens is 404 g/mol. The van der Waals surface area contributed by atoms with E-state index in [2.05, 4.69) is 54.5 Å². The molecule has 0 bridgehead atoms. The average Bonchev–Trinajstić information content (AvgIpc) is 3.33. The molecule has 3 heterocycles. The third-order valence-corrected chi connectivity index (χ3v) is 6.86. The molecule has 150 valence electrons. The van der Waals surface area contributed by atoms with Gasteiger partial charge in [-0.25, -0.2) is 9.67 Å². The molecule has 0 aliphatic rings. The van der Waals surface area contributed by atoms with Gasteiger partial charge in [0, 0.05) is 24.5 Å². The molecule has 0 aliphatic heterocycles. The Hall–Kier alpha value is -2.52. The van der Waals surface area contributed by atoms with Crippen LogP contribution in [0, 0.1) is 13.8 Å². The third-order valence-electron chi connectivity index (χ3n) is 4.96. The zero-order chi connectivity index (χ0) is 20.5. The molecule has 0 N–H and O–H groups in total. The van der Waals surface area contributed by atoms with E-state index in [0.29, 0.717) is 16.3 Å². The molecule has 1 aromatic carbocycles. The first kappa shape index (κ1) is 19.8. The van der Waals surface area contributed by atoms with Gasteiger partial charge in [0.15, 0.2) is 11.0 Å². The van der Waals surface area contributed by atoms with Crippen molar-refractivity contribution < 1.29 is 0 Å². The van der Waals surface area contributed by atoms with Crippen LogP contribution in [0.25, 0.3) is 21.3 Å². The number of thioether (sulfide) groups is 1. The standard InChI is InChI=1S/C20H22N6OS2/c1-5-8-26-16(22-23-24-26)11-29-20-21-18-17(19(27)25(20)4)15(10-28-18)14-7-6-12(2)13(3)9-14/h6-7,9-10H,5,8,11H2,1-4H3. The molecule has 29 heavy (non-hydrogen) atoms. The molecule has 0 atom stereocenters. The van der Waals surface area contributed by atoms with Crippen molar-refractivity contribution in [2.45, 2.75) is 44.6 Å². The Morgan fingerprint density at radius 3 is 2.79 bits per heavy atom. The number of aryl methyl sites for hydroxylation is 3. The van der Waals surface area contributed by atoms with Crippen LogP contribution in [0.5, 0.6) is 0 Å². The van der Waals surface area contributed by atoms with E-state index in [0.717, 1.165) is 34.7 Å². The number of benzene rings is 1. The minimum absolute atomic E-state index is 0.0277. The minimum Gasteiger partial charge on any atom is -0.290 e. The molecule has 0 aliphatic carbocycles. The van der Waals surface area contributed by atoms with Crippen LogP contribution in [0.3, 0.4) is 0 Å². The van der Waals surface area contributed by atoms with Gasteiger partial charge in [0.1, 0.15) is 4.83 Å². The zero-order valence-electron chi connectivity index (χ0n) is 16.8. The number of thiophene rings is 1. The predicted octanol–water partition coefficient (Wildman–Crippen LogP) is 3.97. The summed E-state index contributed by atoms with van der Waals surface area (Å²) in [6, 6.07) is 6.29. The van der Waals surface area contributed by atoms with Gasteiger partial charge < -0.3 is 0 Å². The second-order valence-electron chi connectivity index (χ2n) is 6.99. The highest BCUT2D eigenvalue weighted by molar-refractivity contribution is 7.98. The van der Waals surface area contributed by atoms with Crippen molar-refractivity contribution in [2.24, 2.45) is 7.05 Å². The molecule has 0 fully saturated rings. The summed E-state index contributed by atoms with van der Waals surface area (Å²) in [7, 11) is 1.77. The van der Waals surface area contributed by atoms with Crippen molar-refractivity contribution in [3.05, 3.63) is 50.9 Å². The Morgan fingerprint density at radius 1 is 1.21 bits per heavy atom. The van der Waals surface area contributed by atoms with Gasteiger partial charge >= 0.3 is 0 Å². The van der Waals surface area contributed by atoms with Gasteiger partial charge in [-0.3, -0.25) is 9.36 Å². The molecule has 0 spiro atoms. The highest BCUT2D eigenvalue weighted by Crippen LogP contribution is 2.33. The molecule has 0 saturated heterocycles. The number of rotatable bonds is 6. The van der Waals surface area contributed by atoms with Crippen LogP contribution in [-0.4, -0.2) is 29.8 Å². The Labute approximate surface area is 176 Å². The third kappa shape index (κ3) is 3.72. The van der Waals surface area contributed by atoms with Crippen molar-refractivity contribution >= 4 is 33.3 Å². The van der Waals surface area contributed by atoms with Crippen molar-refractivity contribution in [2.75, 3.05) is 0 Å². The fourth-order valence-electron chi connectivity index (χ4n) is 3.14. The van der Waals surface area contributed by atoms with E-state index in [4.69, 9.17) is 4.98 Å². The van der Waals surface area contributed by atoms with Gasteiger partial charge in [-0.1, -0.05) is 36.9 Å². The Kier molecular flexibility index (Phi) is 5.51. The van der Waals surface area contributed by atoms with Gasteiger partial charge in [-0.2, -0.15) is 0 Å². The minimum atomic E-state index is -0.0277. The first-order valence-corrected chi connectivity index (χ1v) is 11.3. The summed E-state index contributed by atoms with van der Waals surface area (Å²) in [5, 5.41) is 15.2. The van der Waals surface area contributed by atoms with Crippen LogP contribution in [0.4, 0.5) is 0 Å². The fourth-order valence-corrected chi connectivity index (χ4v) is 5.04. The molecule has 7 nitrogen and oxygen atoms in total. The lowest BCUT2D eigenvalue weighted by Gasteiger charge is -2.08. The fraction of sp³-hybridized carbons (Fsp3) is 0.350. The second kappa shape index (κ2) is 8.08. The van der Waals surface area contributed by atoms with E-state index in [9.17, 15) is 4.79 Å². The molecule has 9 heteroatoms. The second-order valence-corrected chi connectivity index (χ2v) is 8.79. The van der Waals surface area contributed by atoms with E-state index in [1.807, 2.05) is 5.38 Å². The number of fused-ring (bicyclic) bond motifs is 1. The summed E-state index contributed by atoms with van der Waals surface area (Å²) in [6.07, 6.45) is 0.960. The Morgan fingerprint density at radius 2 is 2.03 bits per heavy atom. The highest BCUT2D eigenvalue weighted by atomic mass is 32.2. The molecule has 0 saturated carbocycles. The predicted molar refractivity (Wildman–Crippen MR) is 117 cm³/mol. The highest BCUT2D eigenvalue weighted by Gasteiger charge is 2.17. The average molecular weight is 427 g/mol. The lowest BCUT2D eigenvalue weighted by molar-refractivity contribution is 0.564. The largest absolute Gasteiger partial charge is 0.290 e. The van der Waals surface area contributed by atoms with Gasteiger partial charge in [-0.15, -0.1) is 16.4 Å². The normalized spacial score (nSPS) is 11.4. The van der Waals surface area contributed by atoms with E-state index >= 15 is 0 Å². The maximum Gasteiger partial charge on any atom is 0.263 e. The van der Waals surface area contributed by atoms with Crippen LogP contribution in [0.1, 0.15) is 30.3 Å². The number of hydrogen-bond acceptors (Lipinski definition) is 7. The molecule has 0 radical (unpaired) electrons. The molecule has 4 rings (SSSR count). The van der Waals surface area contributed by atoms with E-state index in [1.54, 1.807) is 16.3 Å². The summed E-state index contributed by atoms with van der Waals surface area (Å²) in [6.45, 7) is 7.04. The number of hydrogen-bond donors (Lipinski definition) is 0. The van der Waals surface area contributed by atoms with Crippen LogP contribution < -0.4 is 5.56 Å². The first-order chi connectivity index (χ1) is 14.0. The maximum atomic E-state index is 13.2. The summed E-state index contributed by atoms with van der Waals surface area (Å²) < 4.78 is 3.42. The molecule has 0 amide bonds. The number of nitrogens with zero attached hydrogens (tertiary/aromatic N) is 6. The number of tetrazole rings is 1. The van der Waals surface area contributed by atoms with Gasteiger partial charge in [0.2, 0.25) is 0 Å². The van der Waals surface area contributed by atoms with E-state index in [-0.39, 0.29) is 5.56 Å². The Bertz CT molecular complexity index is 1240. The van der Waals surface area contributed by atoms with Gasteiger partial charge in [0.05, 0.1) is 11.1 Å². The Balaban J connectivity index is 1.70. The summed E-state index contributed by atoms with van der Waals surface area (Å²) in [5.41, 5.74) is 4.43. The SMILES string of the molecule is CCCn1nnnc1CSc1nc2scc(-c3ccc(C)c(C)c3)c2c(=O)n1C. The topological polar surface area (TPSA) is 78.5 Å². The molecular formula is C20H22N6OS2. The maximum absolute atomic E-state index is 13.2. The van der Waals surface area contributed by atoms with Gasteiger partial charge in [-0.05, 0) is 47.4 Å². The van der Waals surface area contributed by atoms with Crippen LogP contribution >= 0.6 is 23.1 Å². The monoisotopic (exact) mass is 426 g/mol. The number of aromatic nitrogens is 6. The van der Waals surface area contributed by atoms with Gasteiger partial charge in [0.25, 0.3) is 5.56 Å². The van der Waals surface area contributed by atoms with Crippen molar-refractivity contribution in [1.82, 2.24) is 29.8 Å². The quantitative estimate of drug-likeness (QED) is 0.343. The summed E-state index contributed by atoms with van der Waals surface area (Å²) >= 11 is 2.99. The smallest absolute Gasteiger partial charge is 0.263 e. The van der Waals surface area contributed by atoms with E-state index in [1.165, 1.54) is 34.2 Å². The molecule has 0 unspecified atom stereocenters. The molecule has 4 aromatic rings. The van der Waals surface area contributed by atoms with Crippen LogP contribution in [0.15, 0.2) is 33.5 Å². The van der Waals surface area contributed by atoms with Crippen LogP contribution in [0.2, 0.25) is 0 Å². The lowest BCUT2D eigenvalue weighted by atomic mass is 10.0. The molecule has 3 aromatic heterocycles.